The highest BCUT2D eigenvalue weighted by Gasteiger charge is 2.23. The summed E-state index contributed by atoms with van der Waals surface area (Å²) >= 11 is 3.59. The van der Waals surface area contributed by atoms with Crippen molar-refractivity contribution in [1.29, 1.82) is 0 Å². The summed E-state index contributed by atoms with van der Waals surface area (Å²) in [6.07, 6.45) is 0. The van der Waals surface area contributed by atoms with Crippen LogP contribution in [0, 0.1) is 5.92 Å². The van der Waals surface area contributed by atoms with Gasteiger partial charge in [-0.3, -0.25) is 15.8 Å². The highest BCUT2D eigenvalue weighted by Crippen LogP contribution is 2.17. The van der Waals surface area contributed by atoms with Gasteiger partial charge in [-0.2, -0.15) is 0 Å². The van der Waals surface area contributed by atoms with E-state index in [1.54, 1.807) is 0 Å². The minimum atomic E-state index is 0.476. The van der Waals surface area contributed by atoms with Crippen LogP contribution in [0.5, 0.6) is 0 Å². The van der Waals surface area contributed by atoms with E-state index >= 15 is 0 Å². The Hall–Kier alpha value is -1.11. The molecule has 0 radical (unpaired) electrons. The Morgan fingerprint density at radius 3 is 2.86 bits per heavy atom. The fraction of sp³-hybridized carbons (Fsp3) is 0.533. The van der Waals surface area contributed by atoms with Gasteiger partial charge in [-0.15, -0.1) is 0 Å². The Balaban J connectivity index is 1.90. The first-order valence-corrected chi connectivity index (χ1v) is 8.04. The number of guanidine groups is 1. The van der Waals surface area contributed by atoms with Gasteiger partial charge in [-0.05, 0) is 18.6 Å². The smallest absolute Gasteiger partial charge is 0.193 e. The molecule has 21 heavy (non-hydrogen) atoms. The Bertz CT molecular complexity index is 491. The standard InChI is InChI=1S/C15H24BrN5/c1-11-13(9-19-20-11)8-18-15(17-2)21(3)10-12-6-4-5-7-14(12)16/h4-7,11,13,19-20H,8-10H2,1-3H3,(H,17,18). The molecule has 116 valence electrons. The van der Waals surface area contributed by atoms with Crippen LogP contribution in [0.25, 0.3) is 0 Å². The van der Waals surface area contributed by atoms with Crippen LogP contribution in [0.3, 0.4) is 0 Å². The summed E-state index contributed by atoms with van der Waals surface area (Å²) in [5, 5.41) is 3.46. The zero-order valence-electron chi connectivity index (χ0n) is 12.9. The number of hydrazine groups is 1. The van der Waals surface area contributed by atoms with Gasteiger partial charge in [0.2, 0.25) is 0 Å². The minimum Gasteiger partial charge on any atom is -0.356 e. The van der Waals surface area contributed by atoms with Crippen molar-refractivity contribution in [3.05, 3.63) is 34.3 Å². The molecule has 3 N–H and O–H groups in total. The van der Waals surface area contributed by atoms with Gasteiger partial charge in [0.1, 0.15) is 0 Å². The average Bonchev–Trinajstić information content (AvgIpc) is 2.88. The number of halogens is 1. The molecule has 0 amide bonds. The molecule has 6 heteroatoms. The van der Waals surface area contributed by atoms with Crippen molar-refractivity contribution in [3.8, 4) is 0 Å². The van der Waals surface area contributed by atoms with Crippen molar-refractivity contribution < 1.29 is 0 Å². The van der Waals surface area contributed by atoms with Gasteiger partial charge < -0.3 is 10.2 Å². The number of benzene rings is 1. The molecule has 2 rings (SSSR count). The van der Waals surface area contributed by atoms with Gasteiger partial charge in [-0.1, -0.05) is 34.1 Å². The lowest BCUT2D eigenvalue weighted by atomic mass is 10.0. The van der Waals surface area contributed by atoms with Crippen LogP contribution in [0.15, 0.2) is 33.7 Å². The number of hydrogen-bond acceptors (Lipinski definition) is 3. The molecule has 0 aliphatic carbocycles. The van der Waals surface area contributed by atoms with E-state index in [0.717, 1.165) is 30.1 Å². The van der Waals surface area contributed by atoms with Gasteiger partial charge >= 0.3 is 0 Å². The Labute approximate surface area is 135 Å². The molecule has 2 unspecified atom stereocenters. The van der Waals surface area contributed by atoms with Crippen LogP contribution >= 0.6 is 15.9 Å². The first-order valence-electron chi connectivity index (χ1n) is 7.25. The Morgan fingerprint density at radius 2 is 2.24 bits per heavy atom. The summed E-state index contributed by atoms with van der Waals surface area (Å²) in [7, 11) is 3.89. The quantitative estimate of drug-likeness (QED) is 0.568. The normalized spacial score (nSPS) is 22.4. The molecule has 1 aliphatic rings. The summed E-state index contributed by atoms with van der Waals surface area (Å²) in [5.74, 6) is 1.49. The van der Waals surface area contributed by atoms with Crippen molar-refractivity contribution in [2.75, 3.05) is 27.2 Å². The van der Waals surface area contributed by atoms with Crippen molar-refractivity contribution in [3.63, 3.8) is 0 Å². The summed E-state index contributed by atoms with van der Waals surface area (Å²) in [6.45, 7) is 4.91. The number of nitrogens with zero attached hydrogens (tertiary/aromatic N) is 2. The van der Waals surface area contributed by atoms with E-state index in [4.69, 9.17) is 0 Å². The van der Waals surface area contributed by atoms with Crippen LogP contribution < -0.4 is 16.2 Å². The predicted molar refractivity (Wildman–Crippen MR) is 91.1 cm³/mol. The predicted octanol–water partition coefficient (Wildman–Crippen LogP) is 1.57. The number of rotatable bonds is 4. The second-order valence-corrected chi connectivity index (χ2v) is 6.30. The van der Waals surface area contributed by atoms with Crippen LogP contribution in [0.2, 0.25) is 0 Å². The molecule has 0 aromatic heterocycles. The molecule has 1 saturated heterocycles. The van der Waals surface area contributed by atoms with Crippen molar-refractivity contribution in [2.24, 2.45) is 10.9 Å². The lowest BCUT2D eigenvalue weighted by Crippen LogP contribution is -2.42. The molecule has 1 fully saturated rings. The summed E-state index contributed by atoms with van der Waals surface area (Å²) in [4.78, 5) is 6.51. The summed E-state index contributed by atoms with van der Waals surface area (Å²) in [6, 6.07) is 8.76. The van der Waals surface area contributed by atoms with E-state index in [0.29, 0.717) is 12.0 Å². The van der Waals surface area contributed by atoms with Gasteiger partial charge in [0.25, 0.3) is 0 Å². The fourth-order valence-corrected chi connectivity index (χ4v) is 2.87. The lowest BCUT2D eigenvalue weighted by Gasteiger charge is -2.24. The average molecular weight is 354 g/mol. The van der Waals surface area contributed by atoms with E-state index in [-0.39, 0.29) is 0 Å². The second-order valence-electron chi connectivity index (χ2n) is 5.45. The molecule has 5 nitrogen and oxygen atoms in total. The zero-order chi connectivity index (χ0) is 15.2. The maximum absolute atomic E-state index is 4.38. The highest BCUT2D eigenvalue weighted by molar-refractivity contribution is 9.10. The fourth-order valence-electron chi connectivity index (χ4n) is 2.46. The van der Waals surface area contributed by atoms with E-state index in [1.807, 2.05) is 13.1 Å². The lowest BCUT2D eigenvalue weighted by molar-refractivity contribution is 0.443. The largest absolute Gasteiger partial charge is 0.356 e. The van der Waals surface area contributed by atoms with Crippen LogP contribution in [-0.2, 0) is 6.54 Å². The molecule has 2 atom stereocenters. The van der Waals surface area contributed by atoms with Crippen molar-refractivity contribution in [1.82, 2.24) is 21.1 Å². The van der Waals surface area contributed by atoms with Gasteiger partial charge in [-0.25, -0.2) is 0 Å². The monoisotopic (exact) mass is 353 g/mol. The van der Waals surface area contributed by atoms with E-state index < -0.39 is 0 Å². The topological polar surface area (TPSA) is 51.7 Å². The Kier molecular flexibility index (Phi) is 6.02. The maximum Gasteiger partial charge on any atom is 0.193 e. The molecule has 0 saturated carbocycles. The third kappa shape index (κ3) is 4.43. The number of hydrogen-bond donors (Lipinski definition) is 3. The van der Waals surface area contributed by atoms with Crippen LogP contribution in [-0.4, -0.2) is 44.1 Å². The van der Waals surface area contributed by atoms with Crippen molar-refractivity contribution >= 4 is 21.9 Å². The van der Waals surface area contributed by atoms with Crippen LogP contribution in [0.4, 0.5) is 0 Å². The molecular weight excluding hydrogens is 330 g/mol. The van der Waals surface area contributed by atoms with Crippen LogP contribution in [0.1, 0.15) is 12.5 Å². The number of nitrogens with one attached hydrogen (secondary N) is 3. The third-order valence-corrected chi connectivity index (χ3v) is 4.64. The minimum absolute atomic E-state index is 0.476. The summed E-state index contributed by atoms with van der Waals surface area (Å²) < 4.78 is 1.13. The zero-order valence-corrected chi connectivity index (χ0v) is 14.4. The molecule has 0 bridgehead atoms. The first-order chi connectivity index (χ1) is 10.1. The van der Waals surface area contributed by atoms with E-state index in [2.05, 4.69) is 74.2 Å². The highest BCUT2D eigenvalue weighted by atomic mass is 79.9. The molecule has 1 aliphatic heterocycles. The third-order valence-electron chi connectivity index (χ3n) is 3.86. The molecule has 1 aromatic rings. The molecule has 0 spiro atoms. The molecule has 1 heterocycles. The van der Waals surface area contributed by atoms with Gasteiger partial charge in [0.15, 0.2) is 5.96 Å². The maximum atomic E-state index is 4.38. The summed E-state index contributed by atoms with van der Waals surface area (Å²) in [5.41, 5.74) is 7.68. The number of aliphatic imine (C=N–C) groups is 1. The molecule has 1 aromatic carbocycles. The van der Waals surface area contributed by atoms with Gasteiger partial charge in [0.05, 0.1) is 0 Å². The van der Waals surface area contributed by atoms with Gasteiger partial charge in [0, 0.05) is 50.2 Å². The van der Waals surface area contributed by atoms with Crippen molar-refractivity contribution in [2.45, 2.75) is 19.5 Å². The molecular formula is C15H24BrN5. The van der Waals surface area contributed by atoms with E-state index in [1.165, 1.54) is 5.56 Å². The first kappa shape index (κ1) is 16.3. The Morgan fingerprint density at radius 1 is 1.48 bits per heavy atom. The SMILES string of the molecule is CN=C(NCC1CNNC1C)N(C)Cc1ccccc1Br. The second kappa shape index (κ2) is 7.77. The van der Waals surface area contributed by atoms with E-state index in [9.17, 15) is 0 Å².